The number of rotatable bonds is 5. The normalized spacial score (nSPS) is 13.4. The quantitative estimate of drug-likeness (QED) is 0.388. The molecule has 0 saturated carbocycles. The first-order valence-corrected chi connectivity index (χ1v) is 6.07. The SMILES string of the molecule is C=C(C)/C(=C\C=C(/C)OC)N=C(C)C(C)=C(C)C. The molecule has 0 radical (unpaired) electrons. The molecule has 0 unspecified atom stereocenters. The second-order valence-electron chi connectivity index (χ2n) is 4.64. The van der Waals surface area contributed by atoms with Crippen LogP contribution in [0.1, 0.15) is 41.5 Å². The Bertz CT molecular complexity index is 430. The van der Waals surface area contributed by atoms with Crippen molar-refractivity contribution in [1.82, 2.24) is 0 Å². The van der Waals surface area contributed by atoms with Crippen LogP contribution in [0.3, 0.4) is 0 Å². The highest BCUT2D eigenvalue weighted by Gasteiger charge is 2.00. The molecule has 0 spiro atoms. The van der Waals surface area contributed by atoms with E-state index in [1.165, 1.54) is 11.1 Å². The molecule has 0 aromatic heterocycles. The molecule has 0 aliphatic carbocycles. The molecule has 0 aliphatic heterocycles. The monoisotopic (exact) mass is 247 g/mol. The van der Waals surface area contributed by atoms with E-state index in [9.17, 15) is 0 Å². The highest BCUT2D eigenvalue weighted by Crippen LogP contribution is 2.13. The van der Waals surface area contributed by atoms with Crippen LogP contribution in [0, 0.1) is 0 Å². The molecular weight excluding hydrogens is 222 g/mol. The van der Waals surface area contributed by atoms with Crippen LogP contribution in [-0.4, -0.2) is 12.8 Å². The zero-order chi connectivity index (χ0) is 14.3. The minimum absolute atomic E-state index is 0.848. The second kappa shape index (κ2) is 7.70. The molecule has 0 atom stereocenters. The van der Waals surface area contributed by atoms with Gasteiger partial charge in [-0.2, -0.15) is 0 Å². The van der Waals surface area contributed by atoms with Crippen molar-refractivity contribution in [2.75, 3.05) is 7.11 Å². The first-order chi connectivity index (χ1) is 8.29. The molecule has 0 aromatic rings. The van der Waals surface area contributed by atoms with Crippen molar-refractivity contribution in [3.8, 4) is 0 Å². The van der Waals surface area contributed by atoms with Gasteiger partial charge in [0.15, 0.2) is 0 Å². The Hall–Kier alpha value is -1.57. The number of hydrogen-bond acceptors (Lipinski definition) is 2. The summed E-state index contributed by atoms with van der Waals surface area (Å²) in [5, 5.41) is 0. The molecule has 0 saturated heterocycles. The molecule has 0 aliphatic rings. The highest BCUT2D eigenvalue weighted by molar-refractivity contribution is 5.99. The summed E-state index contributed by atoms with van der Waals surface area (Å²) in [7, 11) is 1.65. The summed E-state index contributed by atoms with van der Waals surface area (Å²) in [5.41, 5.74) is 5.34. The Kier molecular flexibility index (Phi) is 7.03. The number of methoxy groups -OCH3 is 1. The predicted molar refractivity (Wildman–Crippen MR) is 80.8 cm³/mol. The van der Waals surface area contributed by atoms with Crippen LogP contribution in [0.25, 0.3) is 0 Å². The standard InChI is InChI=1S/C16H25NO/c1-11(2)14(6)15(7)17-16(12(3)4)10-9-13(5)18-8/h9-10H,3H2,1-2,4-8H3/b13-9+,16-10+,17-15?. The molecule has 2 heteroatoms. The molecule has 0 bridgehead atoms. The van der Waals surface area contributed by atoms with Gasteiger partial charge >= 0.3 is 0 Å². The number of hydrogen-bond donors (Lipinski definition) is 0. The van der Waals surface area contributed by atoms with Crippen LogP contribution in [0.5, 0.6) is 0 Å². The summed E-state index contributed by atoms with van der Waals surface area (Å²) >= 11 is 0. The van der Waals surface area contributed by atoms with Crippen molar-refractivity contribution in [3.05, 3.63) is 46.9 Å². The lowest BCUT2D eigenvalue weighted by atomic mass is 10.1. The van der Waals surface area contributed by atoms with E-state index in [0.29, 0.717) is 0 Å². The summed E-state index contributed by atoms with van der Waals surface area (Å²) in [6.45, 7) is 16.1. The lowest BCUT2D eigenvalue weighted by molar-refractivity contribution is 0.294. The van der Waals surface area contributed by atoms with Gasteiger partial charge in [-0.3, -0.25) is 4.99 Å². The molecule has 100 valence electrons. The van der Waals surface area contributed by atoms with E-state index in [1.807, 2.05) is 32.9 Å². The molecule has 0 N–H and O–H groups in total. The van der Waals surface area contributed by atoms with E-state index >= 15 is 0 Å². The van der Waals surface area contributed by atoms with Gasteiger partial charge in [0.25, 0.3) is 0 Å². The van der Waals surface area contributed by atoms with Crippen molar-refractivity contribution >= 4 is 5.71 Å². The average molecular weight is 247 g/mol. The van der Waals surface area contributed by atoms with E-state index < -0.39 is 0 Å². The van der Waals surface area contributed by atoms with Gasteiger partial charge < -0.3 is 4.74 Å². The van der Waals surface area contributed by atoms with Gasteiger partial charge in [-0.1, -0.05) is 12.2 Å². The first kappa shape index (κ1) is 16.4. The minimum Gasteiger partial charge on any atom is -0.501 e. The van der Waals surface area contributed by atoms with Crippen molar-refractivity contribution in [2.45, 2.75) is 41.5 Å². The summed E-state index contributed by atoms with van der Waals surface area (Å²) < 4.78 is 5.10. The maximum atomic E-state index is 5.10. The zero-order valence-corrected chi connectivity index (χ0v) is 12.7. The Morgan fingerprint density at radius 2 is 1.56 bits per heavy atom. The fourth-order valence-corrected chi connectivity index (χ4v) is 1.17. The largest absolute Gasteiger partial charge is 0.501 e. The van der Waals surface area contributed by atoms with Gasteiger partial charge in [-0.15, -0.1) is 0 Å². The molecular formula is C16H25NO. The third-order valence-corrected chi connectivity index (χ3v) is 2.82. The van der Waals surface area contributed by atoms with Gasteiger partial charge in [-0.05, 0) is 64.8 Å². The second-order valence-corrected chi connectivity index (χ2v) is 4.64. The Morgan fingerprint density at radius 1 is 1.00 bits per heavy atom. The van der Waals surface area contributed by atoms with Crippen molar-refractivity contribution < 1.29 is 4.74 Å². The molecule has 2 nitrogen and oxygen atoms in total. The molecule has 0 fully saturated rings. The highest BCUT2D eigenvalue weighted by atomic mass is 16.5. The topological polar surface area (TPSA) is 21.6 Å². The van der Waals surface area contributed by atoms with Crippen molar-refractivity contribution in [1.29, 1.82) is 0 Å². The van der Waals surface area contributed by atoms with Crippen LogP contribution >= 0.6 is 0 Å². The first-order valence-electron chi connectivity index (χ1n) is 6.07. The van der Waals surface area contributed by atoms with Crippen molar-refractivity contribution in [3.63, 3.8) is 0 Å². The predicted octanol–water partition coefficient (Wildman–Crippen LogP) is 4.81. The van der Waals surface area contributed by atoms with Gasteiger partial charge in [0.05, 0.1) is 18.6 Å². The van der Waals surface area contributed by atoms with E-state index in [1.54, 1.807) is 7.11 Å². The number of aliphatic imine (C=N–C) groups is 1. The molecule has 0 heterocycles. The number of ether oxygens (including phenoxy) is 1. The summed E-state index contributed by atoms with van der Waals surface area (Å²) in [4.78, 5) is 4.62. The zero-order valence-electron chi connectivity index (χ0n) is 12.7. The maximum absolute atomic E-state index is 5.10. The van der Waals surface area contributed by atoms with E-state index in [-0.39, 0.29) is 0 Å². The van der Waals surface area contributed by atoms with Crippen LogP contribution in [0.15, 0.2) is 51.9 Å². The Morgan fingerprint density at radius 3 is 1.94 bits per heavy atom. The van der Waals surface area contributed by atoms with E-state index in [0.717, 1.165) is 22.7 Å². The fraction of sp³-hybridized carbons (Fsp3) is 0.438. The summed E-state index contributed by atoms with van der Waals surface area (Å²) in [5.74, 6) is 0.848. The van der Waals surface area contributed by atoms with Gasteiger partial charge in [0, 0.05) is 5.71 Å². The van der Waals surface area contributed by atoms with Crippen LogP contribution in [0.2, 0.25) is 0 Å². The minimum atomic E-state index is 0.848. The third kappa shape index (κ3) is 5.67. The summed E-state index contributed by atoms with van der Waals surface area (Å²) in [6, 6.07) is 0. The molecule has 0 rings (SSSR count). The third-order valence-electron chi connectivity index (χ3n) is 2.82. The Balaban J connectivity index is 5.37. The Labute approximate surface area is 111 Å². The van der Waals surface area contributed by atoms with Crippen molar-refractivity contribution in [2.24, 2.45) is 4.99 Å². The maximum Gasteiger partial charge on any atom is 0.0925 e. The lowest BCUT2D eigenvalue weighted by Crippen LogP contribution is -1.97. The van der Waals surface area contributed by atoms with Gasteiger partial charge in [0.1, 0.15) is 0 Å². The van der Waals surface area contributed by atoms with Gasteiger partial charge in [-0.25, -0.2) is 0 Å². The number of nitrogens with zero attached hydrogens (tertiary/aromatic N) is 1. The summed E-state index contributed by atoms with van der Waals surface area (Å²) in [6.07, 6.45) is 3.83. The smallest absolute Gasteiger partial charge is 0.0925 e. The average Bonchev–Trinajstić information content (AvgIpc) is 2.31. The molecule has 0 aromatic carbocycles. The molecule has 0 amide bonds. The fourth-order valence-electron chi connectivity index (χ4n) is 1.17. The van der Waals surface area contributed by atoms with Crippen LogP contribution in [-0.2, 0) is 4.74 Å². The van der Waals surface area contributed by atoms with E-state index in [2.05, 4.69) is 32.3 Å². The lowest BCUT2D eigenvalue weighted by Gasteiger charge is -2.06. The van der Waals surface area contributed by atoms with Gasteiger partial charge in [0.2, 0.25) is 0 Å². The van der Waals surface area contributed by atoms with Crippen LogP contribution < -0.4 is 0 Å². The van der Waals surface area contributed by atoms with E-state index in [4.69, 9.17) is 4.74 Å². The van der Waals surface area contributed by atoms with Crippen LogP contribution in [0.4, 0.5) is 0 Å². The molecule has 18 heavy (non-hydrogen) atoms. The number of allylic oxidation sites excluding steroid dienone is 6.